The Bertz CT molecular complexity index is 241. The highest BCUT2D eigenvalue weighted by molar-refractivity contribution is 4.70. The molecule has 0 aliphatic rings. The molecule has 158 valence electrons. The lowest BCUT2D eigenvalue weighted by molar-refractivity contribution is 0.247. The fourth-order valence-corrected chi connectivity index (χ4v) is 4.58. The van der Waals surface area contributed by atoms with Crippen molar-refractivity contribution >= 4 is 0 Å². The van der Waals surface area contributed by atoms with Gasteiger partial charge in [0.1, 0.15) is 0 Å². The molecular weight excluding hydrogens is 312 g/mol. The number of unbranched alkanes of at least 4 members (excludes halogenated alkanes) is 11. The van der Waals surface area contributed by atoms with Crippen molar-refractivity contribution in [3.63, 3.8) is 0 Å². The standard InChI is InChI=1S/C26H54/c1-6-9-12-14-16-18-21-26(22-19-17-15-13-10-7-2)25(5)23-24(4)20-11-8-3/h24-26H,6-23H2,1-5H3. The lowest BCUT2D eigenvalue weighted by Gasteiger charge is -2.27. The Hall–Kier alpha value is 0. The minimum Gasteiger partial charge on any atom is -0.0654 e. The van der Waals surface area contributed by atoms with E-state index in [4.69, 9.17) is 0 Å². The van der Waals surface area contributed by atoms with Gasteiger partial charge in [-0.15, -0.1) is 0 Å². The highest BCUT2D eigenvalue weighted by Gasteiger charge is 2.19. The predicted octanol–water partition coefficient (Wildman–Crippen LogP) is 9.96. The molecule has 0 bridgehead atoms. The van der Waals surface area contributed by atoms with Crippen LogP contribution in [0, 0.1) is 17.8 Å². The Morgan fingerprint density at radius 2 is 0.885 bits per heavy atom. The van der Waals surface area contributed by atoms with Crippen LogP contribution < -0.4 is 0 Å². The van der Waals surface area contributed by atoms with Crippen LogP contribution in [0.2, 0.25) is 0 Å². The maximum Gasteiger partial charge on any atom is -0.0388 e. The molecule has 0 nitrogen and oxygen atoms in total. The number of hydrogen-bond donors (Lipinski definition) is 0. The van der Waals surface area contributed by atoms with Crippen LogP contribution in [0.3, 0.4) is 0 Å². The third kappa shape index (κ3) is 16.2. The zero-order valence-electron chi connectivity index (χ0n) is 19.5. The topological polar surface area (TPSA) is 0 Å². The molecule has 0 aliphatic carbocycles. The zero-order chi connectivity index (χ0) is 19.5. The van der Waals surface area contributed by atoms with Crippen molar-refractivity contribution in [3.8, 4) is 0 Å². The van der Waals surface area contributed by atoms with Gasteiger partial charge >= 0.3 is 0 Å². The van der Waals surface area contributed by atoms with Crippen molar-refractivity contribution < 1.29 is 0 Å². The van der Waals surface area contributed by atoms with Gasteiger partial charge in [0.05, 0.1) is 0 Å². The molecule has 0 fully saturated rings. The Morgan fingerprint density at radius 3 is 1.35 bits per heavy atom. The summed E-state index contributed by atoms with van der Waals surface area (Å²) >= 11 is 0. The van der Waals surface area contributed by atoms with Crippen molar-refractivity contribution in [1.82, 2.24) is 0 Å². The molecule has 0 saturated heterocycles. The molecule has 0 aliphatic heterocycles. The molecule has 0 heterocycles. The van der Waals surface area contributed by atoms with E-state index in [0.29, 0.717) is 0 Å². The maximum absolute atomic E-state index is 2.57. The summed E-state index contributed by atoms with van der Waals surface area (Å²) in [6.45, 7) is 12.0. The van der Waals surface area contributed by atoms with E-state index in [9.17, 15) is 0 Å². The lowest BCUT2D eigenvalue weighted by atomic mass is 9.79. The first kappa shape index (κ1) is 26.0. The smallest absolute Gasteiger partial charge is 0.0388 e. The van der Waals surface area contributed by atoms with Gasteiger partial charge in [-0.3, -0.25) is 0 Å². The molecule has 0 aromatic heterocycles. The van der Waals surface area contributed by atoms with Gasteiger partial charge in [0.15, 0.2) is 0 Å². The van der Waals surface area contributed by atoms with Crippen LogP contribution in [0.1, 0.15) is 150 Å². The zero-order valence-corrected chi connectivity index (χ0v) is 19.5. The minimum atomic E-state index is 0.932. The molecule has 0 N–H and O–H groups in total. The van der Waals surface area contributed by atoms with E-state index in [2.05, 4.69) is 34.6 Å². The second kappa shape index (κ2) is 19.8. The molecule has 0 saturated carbocycles. The van der Waals surface area contributed by atoms with E-state index in [0.717, 1.165) is 17.8 Å². The molecule has 2 atom stereocenters. The van der Waals surface area contributed by atoms with E-state index in [1.165, 1.54) is 116 Å². The van der Waals surface area contributed by atoms with Gasteiger partial charge in [0.2, 0.25) is 0 Å². The second-order valence-electron chi connectivity index (χ2n) is 9.33. The number of hydrogen-bond acceptors (Lipinski definition) is 0. The van der Waals surface area contributed by atoms with Crippen LogP contribution in [-0.2, 0) is 0 Å². The van der Waals surface area contributed by atoms with Gasteiger partial charge in [-0.2, -0.15) is 0 Å². The van der Waals surface area contributed by atoms with E-state index in [-0.39, 0.29) is 0 Å². The SMILES string of the molecule is CCCCCCCCC(CCCCCCCC)C(C)CC(C)CCCC. The molecule has 0 amide bonds. The summed E-state index contributed by atoms with van der Waals surface area (Å²) in [4.78, 5) is 0. The third-order valence-electron chi connectivity index (χ3n) is 6.49. The molecule has 0 rings (SSSR count). The molecule has 0 radical (unpaired) electrons. The van der Waals surface area contributed by atoms with Crippen molar-refractivity contribution in [3.05, 3.63) is 0 Å². The summed E-state index contributed by atoms with van der Waals surface area (Å²) in [5.74, 6) is 2.87. The summed E-state index contributed by atoms with van der Waals surface area (Å²) in [5.41, 5.74) is 0. The Kier molecular flexibility index (Phi) is 19.8. The predicted molar refractivity (Wildman–Crippen MR) is 122 cm³/mol. The first-order chi connectivity index (χ1) is 12.7. The third-order valence-corrected chi connectivity index (χ3v) is 6.49. The highest BCUT2D eigenvalue weighted by Crippen LogP contribution is 2.31. The normalized spacial score (nSPS) is 14.1. The van der Waals surface area contributed by atoms with Gasteiger partial charge in [-0.25, -0.2) is 0 Å². The van der Waals surface area contributed by atoms with Crippen molar-refractivity contribution in [2.24, 2.45) is 17.8 Å². The molecule has 0 heteroatoms. The average molecular weight is 367 g/mol. The lowest BCUT2D eigenvalue weighted by Crippen LogP contribution is -2.15. The van der Waals surface area contributed by atoms with Gasteiger partial charge in [0.25, 0.3) is 0 Å². The molecule has 2 unspecified atom stereocenters. The second-order valence-corrected chi connectivity index (χ2v) is 9.33. The molecule has 26 heavy (non-hydrogen) atoms. The van der Waals surface area contributed by atoms with Crippen LogP contribution in [-0.4, -0.2) is 0 Å². The molecule has 0 aromatic rings. The van der Waals surface area contributed by atoms with Crippen molar-refractivity contribution in [1.29, 1.82) is 0 Å². The summed E-state index contributed by atoms with van der Waals surface area (Å²) in [7, 11) is 0. The van der Waals surface area contributed by atoms with E-state index in [1.807, 2.05) is 0 Å². The van der Waals surface area contributed by atoms with E-state index in [1.54, 1.807) is 0 Å². The Labute approximate surface area is 168 Å². The first-order valence-electron chi connectivity index (χ1n) is 12.7. The number of rotatable bonds is 20. The Balaban J connectivity index is 4.15. The van der Waals surface area contributed by atoms with Gasteiger partial charge in [0, 0.05) is 0 Å². The molecular formula is C26H54. The van der Waals surface area contributed by atoms with Crippen LogP contribution in [0.4, 0.5) is 0 Å². The first-order valence-corrected chi connectivity index (χ1v) is 12.7. The van der Waals surface area contributed by atoms with Crippen LogP contribution in [0.15, 0.2) is 0 Å². The fourth-order valence-electron chi connectivity index (χ4n) is 4.58. The minimum absolute atomic E-state index is 0.932. The summed E-state index contributed by atoms with van der Waals surface area (Å²) in [5, 5.41) is 0. The van der Waals surface area contributed by atoms with Crippen LogP contribution in [0.25, 0.3) is 0 Å². The largest absolute Gasteiger partial charge is 0.0654 e. The molecule has 0 spiro atoms. The Morgan fingerprint density at radius 1 is 0.462 bits per heavy atom. The van der Waals surface area contributed by atoms with Crippen LogP contribution in [0.5, 0.6) is 0 Å². The molecule has 0 aromatic carbocycles. The van der Waals surface area contributed by atoms with Gasteiger partial charge in [-0.05, 0) is 24.2 Å². The van der Waals surface area contributed by atoms with Gasteiger partial charge < -0.3 is 0 Å². The van der Waals surface area contributed by atoms with E-state index < -0.39 is 0 Å². The quantitative estimate of drug-likeness (QED) is 0.188. The average Bonchev–Trinajstić information content (AvgIpc) is 2.63. The summed E-state index contributed by atoms with van der Waals surface area (Å²) in [6.07, 6.45) is 26.1. The fraction of sp³-hybridized carbons (Fsp3) is 1.00. The summed E-state index contributed by atoms with van der Waals surface area (Å²) < 4.78 is 0. The highest BCUT2D eigenvalue weighted by atomic mass is 14.2. The van der Waals surface area contributed by atoms with Crippen molar-refractivity contribution in [2.75, 3.05) is 0 Å². The van der Waals surface area contributed by atoms with Crippen LogP contribution >= 0.6 is 0 Å². The summed E-state index contributed by atoms with van der Waals surface area (Å²) in [6, 6.07) is 0. The monoisotopic (exact) mass is 366 g/mol. The maximum atomic E-state index is 2.57. The van der Waals surface area contributed by atoms with Crippen molar-refractivity contribution in [2.45, 2.75) is 150 Å². The van der Waals surface area contributed by atoms with Gasteiger partial charge in [-0.1, -0.05) is 144 Å². The van der Waals surface area contributed by atoms with E-state index >= 15 is 0 Å².